The monoisotopic (exact) mass is 867 g/mol. The Morgan fingerprint density at radius 1 is 0.381 bits per heavy atom. The van der Waals surface area contributed by atoms with Crippen molar-refractivity contribution in [2.24, 2.45) is 9.98 Å². The van der Waals surface area contributed by atoms with E-state index in [0.717, 1.165) is 18.4 Å². The molecule has 0 radical (unpaired) electrons. The van der Waals surface area contributed by atoms with Gasteiger partial charge in [-0.1, -0.05) is 213 Å². The van der Waals surface area contributed by atoms with Crippen LogP contribution in [0.5, 0.6) is 23.0 Å². The summed E-state index contributed by atoms with van der Waals surface area (Å²) in [6.45, 7) is 7.89. The molecular weight excluding hydrogens is 777 g/mol. The summed E-state index contributed by atoms with van der Waals surface area (Å²) in [5.74, 6) is 1.59. The molecule has 0 amide bonds. The zero-order valence-electron chi connectivity index (χ0n) is 40.5. The van der Waals surface area contributed by atoms with Crippen LogP contribution in [-0.4, -0.2) is 35.9 Å². The molecular formula is C57H90N2O4. The third kappa shape index (κ3) is 26.6. The van der Waals surface area contributed by atoms with Crippen LogP contribution in [0.1, 0.15) is 236 Å². The Bertz CT molecular complexity index is 1630. The van der Waals surface area contributed by atoms with Crippen molar-refractivity contribution in [3.8, 4) is 23.0 Å². The lowest BCUT2D eigenvalue weighted by Crippen LogP contribution is -1.97. The highest BCUT2D eigenvalue weighted by Gasteiger charge is 2.07. The number of aryl methyl sites for hydroxylation is 1. The van der Waals surface area contributed by atoms with E-state index in [9.17, 15) is 10.2 Å². The molecule has 3 rings (SSSR count). The number of ether oxygens (including phenoxy) is 2. The molecule has 6 nitrogen and oxygen atoms in total. The first-order valence-electron chi connectivity index (χ1n) is 26.1. The molecule has 0 heterocycles. The SMILES string of the molecule is CCCCCCCCCCCCCCCCCCOc1ccc(C=Nc2ccc(C)cc2N=Cc2ccc(OCCCCCCCCCCCCCCCCCC)cc2O)c(O)c1. The van der Waals surface area contributed by atoms with Gasteiger partial charge in [-0.25, -0.2) is 0 Å². The van der Waals surface area contributed by atoms with Crippen molar-refractivity contribution in [2.75, 3.05) is 13.2 Å². The Balaban J connectivity index is 1.28. The van der Waals surface area contributed by atoms with E-state index in [2.05, 4.69) is 18.8 Å². The average Bonchev–Trinajstić information content (AvgIpc) is 3.28. The summed E-state index contributed by atoms with van der Waals surface area (Å²) in [5.41, 5.74) is 3.60. The van der Waals surface area contributed by atoms with E-state index in [1.54, 1.807) is 24.6 Å². The van der Waals surface area contributed by atoms with Crippen LogP contribution in [0.3, 0.4) is 0 Å². The zero-order chi connectivity index (χ0) is 44.8. The second kappa shape index (κ2) is 36.5. The predicted molar refractivity (Wildman–Crippen MR) is 272 cm³/mol. The van der Waals surface area contributed by atoms with Crippen molar-refractivity contribution in [3.05, 3.63) is 71.3 Å². The first-order chi connectivity index (χ1) is 31.0. The molecule has 2 N–H and O–H groups in total. The standard InChI is InChI=1S/C57H90N2O4/c1-4-6-8-10-12-14-16-18-20-22-24-26-28-30-32-34-42-62-52-39-37-50(56(60)45-52)47-58-54-41-36-49(3)44-55(54)59-48-51-38-40-53(46-57(51)61)63-43-35-33-31-29-27-25-23-21-19-17-15-13-11-9-7-5-2/h36-41,44-48,60-61H,4-35,42-43H2,1-3H3. The smallest absolute Gasteiger partial charge is 0.128 e. The summed E-state index contributed by atoms with van der Waals surface area (Å²) in [7, 11) is 0. The van der Waals surface area contributed by atoms with Crippen LogP contribution in [-0.2, 0) is 0 Å². The zero-order valence-corrected chi connectivity index (χ0v) is 40.5. The van der Waals surface area contributed by atoms with Crippen LogP contribution in [0.4, 0.5) is 11.4 Å². The van der Waals surface area contributed by atoms with Gasteiger partial charge in [0.05, 0.1) is 24.6 Å². The third-order valence-corrected chi connectivity index (χ3v) is 12.4. The van der Waals surface area contributed by atoms with Crippen LogP contribution < -0.4 is 9.47 Å². The number of phenols is 2. The fraction of sp³-hybridized carbons (Fsp3) is 0.649. The van der Waals surface area contributed by atoms with Crippen molar-refractivity contribution in [1.29, 1.82) is 0 Å². The van der Waals surface area contributed by atoms with Crippen LogP contribution in [0.2, 0.25) is 0 Å². The number of hydrogen-bond acceptors (Lipinski definition) is 6. The maximum absolute atomic E-state index is 10.8. The number of benzene rings is 3. The Hall–Kier alpha value is -3.80. The Morgan fingerprint density at radius 2 is 0.698 bits per heavy atom. The molecule has 0 atom stereocenters. The molecule has 0 saturated carbocycles. The lowest BCUT2D eigenvalue weighted by molar-refractivity contribution is 0.302. The number of aliphatic imine (C=N–C) groups is 2. The van der Waals surface area contributed by atoms with Crippen LogP contribution in [0.25, 0.3) is 0 Å². The fourth-order valence-corrected chi connectivity index (χ4v) is 8.25. The van der Waals surface area contributed by atoms with E-state index in [1.165, 1.54) is 193 Å². The molecule has 63 heavy (non-hydrogen) atoms. The Labute approximate surface area is 385 Å². The number of unbranched alkanes of at least 4 members (excludes halogenated alkanes) is 30. The van der Waals surface area contributed by atoms with Gasteiger partial charge in [0.25, 0.3) is 0 Å². The van der Waals surface area contributed by atoms with Crippen LogP contribution >= 0.6 is 0 Å². The third-order valence-electron chi connectivity index (χ3n) is 12.4. The van der Waals surface area contributed by atoms with Gasteiger partial charge in [0.2, 0.25) is 0 Å². The molecule has 0 bridgehead atoms. The second-order valence-corrected chi connectivity index (χ2v) is 18.3. The number of aromatic hydroxyl groups is 2. The van der Waals surface area contributed by atoms with Gasteiger partial charge in [-0.15, -0.1) is 0 Å². The first kappa shape index (κ1) is 53.5. The van der Waals surface area contributed by atoms with E-state index in [1.807, 2.05) is 49.4 Å². The Morgan fingerprint density at radius 3 is 1.03 bits per heavy atom. The molecule has 352 valence electrons. The summed E-state index contributed by atoms with van der Waals surface area (Å²) in [5, 5.41) is 21.5. The van der Waals surface area contributed by atoms with Gasteiger partial charge in [0.1, 0.15) is 23.0 Å². The molecule has 0 aliphatic heterocycles. The molecule has 3 aromatic carbocycles. The quantitative estimate of drug-likeness (QED) is 0.0440. The van der Waals surface area contributed by atoms with E-state index in [4.69, 9.17) is 14.5 Å². The van der Waals surface area contributed by atoms with Crippen molar-refractivity contribution >= 4 is 23.8 Å². The van der Waals surface area contributed by atoms with E-state index < -0.39 is 0 Å². The highest BCUT2D eigenvalue weighted by Crippen LogP contribution is 2.31. The lowest BCUT2D eigenvalue weighted by Gasteiger charge is -2.08. The van der Waals surface area contributed by atoms with E-state index in [0.29, 0.717) is 47.2 Å². The molecule has 0 unspecified atom stereocenters. The maximum Gasteiger partial charge on any atom is 0.128 e. The van der Waals surface area contributed by atoms with E-state index in [-0.39, 0.29) is 11.5 Å². The van der Waals surface area contributed by atoms with Gasteiger partial charge in [-0.3, -0.25) is 9.98 Å². The molecule has 0 aliphatic rings. The predicted octanol–water partition coefficient (Wildman–Crippen LogP) is 18.2. The minimum Gasteiger partial charge on any atom is -0.507 e. The maximum atomic E-state index is 10.8. The van der Waals surface area contributed by atoms with Crippen molar-refractivity contribution in [1.82, 2.24) is 0 Å². The normalized spacial score (nSPS) is 11.7. The summed E-state index contributed by atoms with van der Waals surface area (Å²) in [6, 6.07) is 16.7. The molecule has 3 aromatic rings. The topological polar surface area (TPSA) is 83.6 Å². The van der Waals surface area contributed by atoms with Gasteiger partial charge in [0, 0.05) is 35.7 Å². The highest BCUT2D eigenvalue weighted by molar-refractivity contribution is 5.89. The lowest BCUT2D eigenvalue weighted by atomic mass is 10.0. The van der Waals surface area contributed by atoms with Crippen molar-refractivity contribution in [3.63, 3.8) is 0 Å². The van der Waals surface area contributed by atoms with Gasteiger partial charge in [0.15, 0.2) is 0 Å². The molecule has 0 aromatic heterocycles. The Kier molecular flexibility index (Phi) is 31.0. The minimum atomic E-state index is 0.127. The van der Waals surface area contributed by atoms with Gasteiger partial charge in [-0.05, 0) is 61.7 Å². The summed E-state index contributed by atoms with van der Waals surface area (Å²) >= 11 is 0. The summed E-state index contributed by atoms with van der Waals surface area (Å²) in [4.78, 5) is 9.38. The molecule has 0 saturated heterocycles. The molecule has 6 heteroatoms. The van der Waals surface area contributed by atoms with Gasteiger partial charge in [-0.2, -0.15) is 0 Å². The second-order valence-electron chi connectivity index (χ2n) is 18.3. The molecule has 0 spiro atoms. The highest BCUT2D eigenvalue weighted by atomic mass is 16.5. The summed E-state index contributed by atoms with van der Waals surface area (Å²) in [6.07, 6.45) is 46.4. The fourth-order valence-electron chi connectivity index (χ4n) is 8.25. The number of nitrogens with zero attached hydrogens (tertiary/aromatic N) is 2. The van der Waals surface area contributed by atoms with Gasteiger partial charge < -0.3 is 19.7 Å². The van der Waals surface area contributed by atoms with Crippen LogP contribution in [0.15, 0.2) is 64.6 Å². The van der Waals surface area contributed by atoms with E-state index >= 15 is 0 Å². The first-order valence-corrected chi connectivity index (χ1v) is 26.1. The van der Waals surface area contributed by atoms with Crippen LogP contribution in [0, 0.1) is 6.92 Å². The largest absolute Gasteiger partial charge is 0.507 e. The number of hydrogen-bond donors (Lipinski definition) is 2. The summed E-state index contributed by atoms with van der Waals surface area (Å²) < 4.78 is 11.9. The average molecular weight is 867 g/mol. The number of phenolic OH excluding ortho intramolecular Hbond substituents is 2. The molecule has 0 fully saturated rings. The van der Waals surface area contributed by atoms with Crippen molar-refractivity contribution in [2.45, 2.75) is 226 Å². The number of rotatable bonds is 40. The van der Waals surface area contributed by atoms with Crippen molar-refractivity contribution < 1.29 is 19.7 Å². The molecule has 0 aliphatic carbocycles. The van der Waals surface area contributed by atoms with Gasteiger partial charge >= 0.3 is 0 Å². The minimum absolute atomic E-state index is 0.127.